The predicted octanol–water partition coefficient (Wildman–Crippen LogP) is 2.98. The Morgan fingerprint density at radius 1 is 1.26 bits per heavy atom. The first-order valence-corrected chi connectivity index (χ1v) is 8.23. The molecule has 0 spiro atoms. The molecule has 0 saturated carbocycles. The largest absolute Gasteiger partial charge is 0.361 e. The second kappa shape index (κ2) is 8.08. The molecule has 1 heterocycles. The van der Waals surface area contributed by atoms with Crippen molar-refractivity contribution < 1.29 is 4.74 Å². The summed E-state index contributed by atoms with van der Waals surface area (Å²) in [5.74, 6) is 0. The number of hydrogen-bond acceptors (Lipinski definition) is 3. The second-order valence-corrected chi connectivity index (χ2v) is 5.57. The highest BCUT2D eigenvalue weighted by atomic mass is 79.9. The van der Waals surface area contributed by atoms with Gasteiger partial charge in [0.15, 0.2) is 0 Å². The van der Waals surface area contributed by atoms with Crippen LogP contribution in [0.5, 0.6) is 0 Å². The molecule has 6 heteroatoms. The number of benzene rings is 1. The quantitative estimate of drug-likeness (QED) is 0.776. The van der Waals surface area contributed by atoms with Gasteiger partial charge in [0.2, 0.25) is 0 Å². The third kappa shape index (κ3) is 3.89. The Hall–Kier alpha value is -1.92. The lowest BCUT2D eigenvalue weighted by Crippen LogP contribution is -2.42. The highest BCUT2D eigenvalue weighted by Crippen LogP contribution is 2.10. The van der Waals surface area contributed by atoms with Crippen LogP contribution in [0.3, 0.4) is 0 Å². The van der Waals surface area contributed by atoms with Crippen molar-refractivity contribution in [1.82, 2.24) is 9.13 Å². The smallest absolute Gasteiger partial charge is 0.333 e. The van der Waals surface area contributed by atoms with Gasteiger partial charge in [-0.1, -0.05) is 53.2 Å². The average molecular weight is 379 g/mol. The zero-order chi connectivity index (χ0) is 16.8. The summed E-state index contributed by atoms with van der Waals surface area (Å²) < 4.78 is 8.06. The normalized spacial score (nSPS) is 12.7. The first kappa shape index (κ1) is 17.4. The molecule has 0 aliphatic heterocycles. The first-order valence-electron chi connectivity index (χ1n) is 7.31. The number of nitrogens with zero attached hydrogens (tertiary/aromatic N) is 2. The summed E-state index contributed by atoms with van der Waals surface area (Å²) >= 11 is 3.18. The van der Waals surface area contributed by atoms with Gasteiger partial charge >= 0.3 is 5.69 Å². The monoisotopic (exact) mass is 378 g/mol. The summed E-state index contributed by atoms with van der Waals surface area (Å²) in [6, 6.07) is 9.43. The van der Waals surface area contributed by atoms with Gasteiger partial charge in [0.25, 0.3) is 5.56 Å². The molecule has 1 unspecified atom stereocenters. The van der Waals surface area contributed by atoms with E-state index in [1.54, 1.807) is 24.4 Å². The maximum atomic E-state index is 12.7. The van der Waals surface area contributed by atoms with E-state index in [1.165, 1.54) is 9.13 Å². The highest BCUT2D eigenvalue weighted by molar-refractivity contribution is 9.11. The van der Waals surface area contributed by atoms with E-state index in [2.05, 4.69) is 15.9 Å². The van der Waals surface area contributed by atoms with Crippen molar-refractivity contribution in [3.05, 3.63) is 73.5 Å². The molecule has 2 aromatic rings. The van der Waals surface area contributed by atoms with Crippen LogP contribution in [-0.4, -0.2) is 16.2 Å². The van der Waals surface area contributed by atoms with Crippen molar-refractivity contribution >= 4 is 22.0 Å². The predicted molar refractivity (Wildman–Crippen MR) is 94.8 cm³/mol. The summed E-state index contributed by atoms with van der Waals surface area (Å²) in [4.78, 5) is 26.9. The van der Waals surface area contributed by atoms with Crippen LogP contribution in [0, 0.1) is 0 Å². The molecular formula is C17H19BrN2O3. The topological polar surface area (TPSA) is 53.2 Å². The van der Waals surface area contributed by atoms with Gasteiger partial charge in [0.1, 0.15) is 6.23 Å². The van der Waals surface area contributed by atoms with Crippen LogP contribution in [-0.2, 0) is 11.3 Å². The third-order valence-corrected chi connectivity index (χ3v) is 3.84. The van der Waals surface area contributed by atoms with Crippen molar-refractivity contribution in [2.45, 2.75) is 26.1 Å². The van der Waals surface area contributed by atoms with Gasteiger partial charge in [0.05, 0.1) is 12.1 Å². The zero-order valence-electron chi connectivity index (χ0n) is 13.1. The van der Waals surface area contributed by atoms with Crippen LogP contribution in [0.15, 0.2) is 51.1 Å². The van der Waals surface area contributed by atoms with Crippen molar-refractivity contribution in [2.75, 3.05) is 7.11 Å². The number of ether oxygens (including phenoxy) is 1. The van der Waals surface area contributed by atoms with Gasteiger partial charge in [-0.2, -0.15) is 0 Å². The Morgan fingerprint density at radius 3 is 2.52 bits per heavy atom. The maximum Gasteiger partial charge on any atom is 0.333 e. The molecule has 1 aromatic heterocycles. The molecule has 5 nitrogen and oxygen atoms in total. The van der Waals surface area contributed by atoms with E-state index in [4.69, 9.17) is 4.74 Å². The lowest BCUT2D eigenvalue weighted by atomic mass is 10.2. The minimum absolute atomic E-state index is 0.225. The number of aromatic nitrogens is 2. The fourth-order valence-corrected chi connectivity index (χ4v) is 2.70. The Bertz CT molecular complexity index is 790. The van der Waals surface area contributed by atoms with Crippen LogP contribution in [0.25, 0.3) is 6.08 Å². The fourth-order valence-electron chi connectivity index (χ4n) is 2.41. The van der Waals surface area contributed by atoms with Crippen molar-refractivity contribution in [3.63, 3.8) is 0 Å². The minimum atomic E-state index is -0.410. The van der Waals surface area contributed by atoms with E-state index in [1.807, 2.05) is 37.3 Å². The van der Waals surface area contributed by atoms with Gasteiger partial charge in [-0.3, -0.25) is 13.9 Å². The van der Waals surface area contributed by atoms with Crippen LogP contribution in [0.4, 0.5) is 0 Å². The molecule has 23 heavy (non-hydrogen) atoms. The number of rotatable bonds is 6. The van der Waals surface area contributed by atoms with Crippen LogP contribution in [0.1, 0.15) is 30.7 Å². The van der Waals surface area contributed by atoms with Gasteiger partial charge in [-0.05, 0) is 23.0 Å². The standard InChI is InChI=1S/C17H19BrN2O3/c1-3-15(23-2)19-12-14(9-10-18)16(21)20(17(19)22)11-13-7-5-4-6-8-13/h4-10,12,15H,3,11H2,1-2H3/b10-9+. The van der Waals surface area contributed by atoms with E-state index in [9.17, 15) is 9.59 Å². The average Bonchev–Trinajstić information content (AvgIpc) is 2.57. The summed E-state index contributed by atoms with van der Waals surface area (Å²) in [5, 5.41) is 0. The molecule has 0 aliphatic rings. The lowest BCUT2D eigenvalue weighted by molar-refractivity contribution is 0.0358. The highest BCUT2D eigenvalue weighted by Gasteiger charge is 2.15. The molecule has 0 fully saturated rings. The van der Waals surface area contributed by atoms with Crippen LogP contribution < -0.4 is 11.2 Å². The van der Waals surface area contributed by atoms with E-state index in [0.717, 1.165) is 5.56 Å². The number of methoxy groups -OCH3 is 1. The van der Waals surface area contributed by atoms with E-state index >= 15 is 0 Å². The summed E-state index contributed by atoms with van der Waals surface area (Å²) in [7, 11) is 1.55. The zero-order valence-corrected chi connectivity index (χ0v) is 14.7. The summed E-state index contributed by atoms with van der Waals surface area (Å²) in [6.07, 6.45) is 3.38. The molecule has 1 atom stereocenters. The maximum absolute atomic E-state index is 12.7. The molecule has 122 valence electrons. The Labute approximate surface area is 143 Å². The summed E-state index contributed by atoms with van der Waals surface area (Å²) in [6.45, 7) is 2.15. The molecule has 0 bridgehead atoms. The molecule has 0 aliphatic carbocycles. The molecule has 0 saturated heterocycles. The molecular weight excluding hydrogens is 360 g/mol. The second-order valence-electron chi connectivity index (χ2n) is 5.04. The molecule has 2 rings (SSSR count). The van der Waals surface area contributed by atoms with Crippen LogP contribution >= 0.6 is 15.9 Å². The van der Waals surface area contributed by atoms with Gasteiger partial charge in [-0.15, -0.1) is 0 Å². The van der Waals surface area contributed by atoms with E-state index in [0.29, 0.717) is 12.0 Å². The SMILES string of the molecule is CCC(OC)n1cc(/C=C/Br)c(=O)n(Cc2ccccc2)c1=O. The summed E-state index contributed by atoms with van der Waals surface area (Å²) in [5.41, 5.74) is 0.618. The van der Waals surface area contributed by atoms with Gasteiger partial charge in [0, 0.05) is 13.3 Å². The Morgan fingerprint density at radius 2 is 1.96 bits per heavy atom. The van der Waals surface area contributed by atoms with Crippen molar-refractivity contribution in [1.29, 1.82) is 0 Å². The van der Waals surface area contributed by atoms with Crippen molar-refractivity contribution in [3.8, 4) is 0 Å². The van der Waals surface area contributed by atoms with Gasteiger partial charge < -0.3 is 4.74 Å². The number of hydrogen-bond donors (Lipinski definition) is 0. The molecule has 0 N–H and O–H groups in total. The van der Waals surface area contributed by atoms with Crippen LogP contribution in [0.2, 0.25) is 0 Å². The molecule has 0 amide bonds. The number of halogens is 1. The Kier molecular flexibility index (Phi) is 6.12. The van der Waals surface area contributed by atoms with Crippen molar-refractivity contribution in [2.24, 2.45) is 0 Å². The van der Waals surface area contributed by atoms with E-state index in [-0.39, 0.29) is 17.8 Å². The van der Waals surface area contributed by atoms with E-state index < -0.39 is 6.23 Å². The minimum Gasteiger partial charge on any atom is -0.361 e. The molecule has 1 aromatic carbocycles. The first-order chi connectivity index (χ1) is 11.1. The fraction of sp³-hybridized carbons (Fsp3) is 0.294. The lowest BCUT2D eigenvalue weighted by Gasteiger charge is -2.19. The third-order valence-electron chi connectivity index (χ3n) is 3.58. The Balaban J connectivity index is 2.64. The molecule has 0 radical (unpaired) electrons. The van der Waals surface area contributed by atoms with Gasteiger partial charge in [-0.25, -0.2) is 4.79 Å².